The average molecular weight is 232 g/mol. The minimum absolute atomic E-state index is 0.0464. The molecule has 0 spiro atoms. The van der Waals surface area contributed by atoms with E-state index in [0.717, 1.165) is 6.42 Å². The molecule has 1 heterocycles. The Bertz CT molecular complexity index is 384. The maximum Gasteiger partial charge on any atom is 0.182 e. The minimum Gasteiger partial charge on any atom is -0.489 e. The van der Waals surface area contributed by atoms with Crippen LogP contribution in [0.25, 0.3) is 0 Å². The van der Waals surface area contributed by atoms with Crippen LogP contribution in [0, 0.1) is 5.82 Å². The van der Waals surface area contributed by atoms with Gasteiger partial charge < -0.3 is 15.2 Å². The minimum atomic E-state index is -0.525. The van der Waals surface area contributed by atoms with Crippen molar-refractivity contribution in [1.29, 1.82) is 0 Å². The van der Waals surface area contributed by atoms with Crippen molar-refractivity contribution in [3.05, 3.63) is 22.5 Å². The third-order valence-electron chi connectivity index (χ3n) is 2.22. The summed E-state index contributed by atoms with van der Waals surface area (Å²) in [6.45, 7) is 1.11. The molecule has 0 saturated carbocycles. The molecule has 0 radical (unpaired) electrons. The molecule has 0 amide bonds. The van der Waals surface area contributed by atoms with Gasteiger partial charge in [0.25, 0.3) is 0 Å². The molecule has 3 nitrogen and oxygen atoms in total. The van der Waals surface area contributed by atoms with E-state index in [1.165, 1.54) is 0 Å². The maximum atomic E-state index is 13.6. The lowest BCUT2D eigenvalue weighted by Crippen LogP contribution is -2.03. The highest BCUT2D eigenvalue weighted by atomic mass is 35.5. The molecule has 2 rings (SSSR count). The molecule has 0 saturated heterocycles. The van der Waals surface area contributed by atoms with E-state index in [1.807, 2.05) is 0 Å². The highest BCUT2D eigenvalue weighted by molar-refractivity contribution is 6.32. The predicted octanol–water partition coefficient (Wildman–Crippen LogP) is 2.10. The van der Waals surface area contributed by atoms with E-state index in [2.05, 4.69) is 0 Å². The van der Waals surface area contributed by atoms with Gasteiger partial charge in [-0.05, 0) is 6.07 Å². The number of hydrogen-bond donors (Lipinski definition) is 1. The fourth-order valence-electron chi connectivity index (χ4n) is 1.44. The summed E-state index contributed by atoms with van der Waals surface area (Å²) in [5, 5.41) is -0.0464. The first-order valence-electron chi connectivity index (χ1n) is 4.70. The van der Waals surface area contributed by atoms with Gasteiger partial charge in [-0.15, -0.1) is 0 Å². The van der Waals surface area contributed by atoms with E-state index in [1.54, 1.807) is 6.07 Å². The lowest BCUT2D eigenvalue weighted by atomic mass is 10.2. The quantitative estimate of drug-likeness (QED) is 0.805. The molecule has 0 bridgehead atoms. The lowest BCUT2D eigenvalue weighted by molar-refractivity contribution is 0.296. The summed E-state index contributed by atoms with van der Waals surface area (Å²) < 4.78 is 24.3. The normalized spacial score (nSPS) is 14.9. The number of fused-ring (bicyclic) bond motifs is 1. The van der Waals surface area contributed by atoms with Gasteiger partial charge in [-0.25, -0.2) is 4.39 Å². The molecule has 82 valence electrons. The van der Waals surface area contributed by atoms with Crippen molar-refractivity contribution in [1.82, 2.24) is 0 Å². The number of ether oxygens (including phenoxy) is 2. The Morgan fingerprint density at radius 2 is 2.13 bits per heavy atom. The summed E-state index contributed by atoms with van der Waals surface area (Å²) in [7, 11) is 0. The van der Waals surface area contributed by atoms with E-state index in [9.17, 15) is 4.39 Å². The first kappa shape index (κ1) is 10.5. The molecule has 1 aromatic carbocycles. The third-order valence-corrected chi connectivity index (χ3v) is 2.55. The molecule has 0 aliphatic carbocycles. The maximum absolute atomic E-state index is 13.6. The van der Waals surface area contributed by atoms with Crippen molar-refractivity contribution in [2.45, 2.75) is 13.0 Å². The SMILES string of the molecule is NCc1cc2c(c(Cl)c1F)OCCCO2. The molecule has 1 aliphatic rings. The molecule has 0 aromatic heterocycles. The standard InChI is InChI=1S/C10H11ClFNO2/c11-8-9(12)6(5-13)4-7-10(8)15-3-1-2-14-7/h4H,1-3,5,13H2. The average Bonchev–Trinajstić information content (AvgIpc) is 2.48. The van der Waals surface area contributed by atoms with Gasteiger partial charge in [0.05, 0.1) is 13.2 Å². The molecule has 0 atom stereocenters. The van der Waals surface area contributed by atoms with E-state index in [0.29, 0.717) is 24.5 Å². The highest BCUT2D eigenvalue weighted by Crippen LogP contribution is 2.40. The zero-order chi connectivity index (χ0) is 10.8. The Kier molecular flexibility index (Phi) is 2.98. The first-order valence-corrected chi connectivity index (χ1v) is 5.08. The van der Waals surface area contributed by atoms with Crippen LogP contribution in [0.2, 0.25) is 5.02 Å². The molecule has 15 heavy (non-hydrogen) atoms. The summed E-state index contributed by atoms with van der Waals surface area (Å²) >= 11 is 5.83. The van der Waals surface area contributed by atoms with Crippen LogP contribution in [-0.4, -0.2) is 13.2 Å². The van der Waals surface area contributed by atoms with Crippen molar-refractivity contribution in [3.63, 3.8) is 0 Å². The van der Waals surface area contributed by atoms with Gasteiger partial charge in [-0.3, -0.25) is 0 Å². The van der Waals surface area contributed by atoms with Crippen LogP contribution in [0.4, 0.5) is 4.39 Å². The van der Waals surface area contributed by atoms with Gasteiger partial charge in [-0.1, -0.05) is 11.6 Å². The monoisotopic (exact) mass is 231 g/mol. The van der Waals surface area contributed by atoms with Crippen molar-refractivity contribution in [3.8, 4) is 11.5 Å². The number of halogens is 2. The van der Waals surface area contributed by atoms with Crippen LogP contribution in [0.1, 0.15) is 12.0 Å². The Morgan fingerprint density at radius 3 is 2.87 bits per heavy atom. The molecule has 0 fully saturated rings. The fourth-order valence-corrected chi connectivity index (χ4v) is 1.71. The van der Waals surface area contributed by atoms with Crippen molar-refractivity contribution in [2.75, 3.05) is 13.2 Å². The zero-order valence-electron chi connectivity index (χ0n) is 8.06. The molecular formula is C10H11ClFNO2. The number of rotatable bonds is 1. The van der Waals surface area contributed by atoms with Gasteiger partial charge in [0.1, 0.15) is 10.8 Å². The largest absolute Gasteiger partial charge is 0.489 e. The number of hydrogen-bond acceptors (Lipinski definition) is 3. The van der Waals surface area contributed by atoms with E-state index < -0.39 is 5.82 Å². The van der Waals surface area contributed by atoms with Gasteiger partial charge in [-0.2, -0.15) is 0 Å². The second-order valence-corrected chi connectivity index (χ2v) is 3.62. The van der Waals surface area contributed by atoms with E-state index >= 15 is 0 Å². The second-order valence-electron chi connectivity index (χ2n) is 3.25. The molecule has 5 heteroatoms. The van der Waals surface area contributed by atoms with Gasteiger partial charge in [0.2, 0.25) is 0 Å². The van der Waals surface area contributed by atoms with Crippen LogP contribution < -0.4 is 15.2 Å². The van der Waals surface area contributed by atoms with E-state index in [-0.39, 0.29) is 17.3 Å². The highest BCUT2D eigenvalue weighted by Gasteiger charge is 2.20. The van der Waals surface area contributed by atoms with Crippen molar-refractivity contribution in [2.24, 2.45) is 5.73 Å². The van der Waals surface area contributed by atoms with Crippen molar-refractivity contribution < 1.29 is 13.9 Å². The zero-order valence-corrected chi connectivity index (χ0v) is 8.81. The number of benzene rings is 1. The Labute approximate surface area is 91.9 Å². The topological polar surface area (TPSA) is 44.5 Å². The Morgan fingerprint density at radius 1 is 1.40 bits per heavy atom. The van der Waals surface area contributed by atoms with Gasteiger partial charge in [0, 0.05) is 18.5 Å². The molecule has 1 aliphatic heterocycles. The van der Waals surface area contributed by atoms with Crippen LogP contribution in [0.15, 0.2) is 6.07 Å². The van der Waals surface area contributed by atoms with Crippen molar-refractivity contribution >= 4 is 11.6 Å². The summed E-state index contributed by atoms with van der Waals surface area (Å²) in [4.78, 5) is 0. The summed E-state index contributed by atoms with van der Waals surface area (Å²) in [6, 6.07) is 1.54. The lowest BCUT2D eigenvalue weighted by Gasteiger charge is -2.11. The third kappa shape index (κ3) is 1.87. The molecular weight excluding hydrogens is 221 g/mol. The van der Waals surface area contributed by atoms with Crippen LogP contribution >= 0.6 is 11.6 Å². The first-order chi connectivity index (χ1) is 7.24. The Balaban J connectivity index is 2.53. The van der Waals surface area contributed by atoms with E-state index in [4.69, 9.17) is 26.8 Å². The fraction of sp³-hybridized carbons (Fsp3) is 0.400. The Hall–Kier alpha value is -1.00. The van der Waals surface area contributed by atoms with Gasteiger partial charge in [0.15, 0.2) is 11.5 Å². The van der Waals surface area contributed by atoms with Crippen LogP contribution in [-0.2, 0) is 6.54 Å². The smallest absolute Gasteiger partial charge is 0.182 e. The van der Waals surface area contributed by atoms with Crippen LogP contribution in [0.3, 0.4) is 0 Å². The van der Waals surface area contributed by atoms with Gasteiger partial charge >= 0.3 is 0 Å². The van der Waals surface area contributed by atoms with Crippen LogP contribution in [0.5, 0.6) is 11.5 Å². The summed E-state index contributed by atoms with van der Waals surface area (Å²) in [5.74, 6) is 0.228. The summed E-state index contributed by atoms with van der Waals surface area (Å²) in [5.41, 5.74) is 5.73. The second kappa shape index (κ2) is 4.24. The molecule has 0 unspecified atom stereocenters. The predicted molar refractivity (Wildman–Crippen MR) is 54.9 cm³/mol. The number of nitrogens with two attached hydrogens (primary N) is 1. The molecule has 2 N–H and O–H groups in total. The molecule has 1 aromatic rings. The summed E-state index contributed by atoms with van der Waals surface area (Å²) in [6.07, 6.45) is 0.755.